The lowest BCUT2D eigenvalue weighted by atomic mass is 10.4. The molecule has 6 heteroatoms. The molecule has 0 bridgehead atoms. The topological polar surface area (TPSA) is 46.5 Å². The predicted octanol–water partition coefficient (Wildman–Crippen LogP) is 2.66. The molecule has 1 aromatic rings. The summed E-state index contributed by atoms with van der Waals surface area (Å²) in [5, 5.41) is 0. The molecule has 0 fully saturated rings. The molecule has 0 aromatic heterocycles. The fourth-order valence-corrected chi connectivity index (χ4v) is 1.75. The number of halogens is 1. The van der Waals surface area contributed by atoms with Gasteiger partial charge >= 0.3 is 7.60 Å². The van der Waals surface area contributed by atoms with Crippen LogP contribution in [0.3, 0.4) is 0 Å². The standard InChI is InChI=1S/C7H8FO3PS/c1-12(9,10)11-13-7-4-2-6(8)3-5-7/h2-5H,1H3,(H,9,10). The van der Waals surface area contributed by atoms with Gasteiger partial charge in [0, 0.05) is 23.6 Å². The van der Waals surface area contributed by atoms with Crippen LogP contribution in [0.2, 0.25) is 0 Å². The van der Waals surface area contributed by atoms with E-state index in [4.69, 9.17) is 4.89 Å². The Kier molecular flexibility index (Phi) is 3.50. The van der Waals surface area contributed by atoms with Gasteiger partial charge in [-0.3, -0.25) is 4.57 Å². The van der Waals surface area contributed by atoms with Gasteiger partial charge in [0.05, 0.1) is 0 Å². The van der Waals surface area contributed by atoms with E-state index in [1.807, 2.05) is 0 Å². The molecule has 13 heavy (non-hydrogen) atoms. The van der Waals surface area contributed by atoms with Crippen molar-refractivity contribution >= 4 is 19.6 Å². The molecular formula is C7H8FO3PS. The van der Waals surface area contributed by atoms with E-state index in [9.17, 15) is 8.96 Å². The van der Waals surface area contributed by atoms with E-state index in [0.29, 0.717) is 4.90 Å². The van der Waals surface area contributed by atoms with Gasteiger partial charge in [-0.15, -0.1) is 0 Å². The van der Waals surface area contributed by atoms with Gasteiger partial charge in [-0.25, -0.2) is 8.36 Å². The summed E-state index contributed by atoms with van der Waals surface area (Å²) in [6.07, 6.45) is 0. The molecule has 1 atom stereocenters. The summed E-state index contributed by atoms with van der Waals surface area (Å²) in [5.41, 5.74) is 0. The van der Waals surface area contributed by atoms with Crippen LogP contribution >= 0.6 is 19.6 Å². The van der Waals surface area contributed by atoms with Gasteiger partial charge in [0.2, 0.25) is 0 Å². The third-order valence-electron chi connectivity index (χ3n) is 1.09. The van der Waals surface area contributed by atoms with E-state index in [2.05, 4.69) is 3.97 Å². The predicted molar refractivity (Wildman–Crippen MR) is 49.1 cm³/mol. The van der Waals surface area contributed by atoms with Crippen molar-refractivity contribution in [3.8, 4) is 0 Å². The van der Waals surface area contributed by atoms with Gasteiger partial charge in [-0.1, -0.05) is 0 Å². The second kappa shape index (κ2) is 4.24. The highest BCUT2D eigenvalue weighted by molar-refractivity contribution is 7.98. The molecule has 72 valence electrons. The summed E-state index contributed by atoms with van der Waals surface area (Å²) in [6.45, 7) is 1.09. The minimum atomic E-state index is -3.47. The van der Waals surface area contributed by atoms with E-state index in [0.717, 1.165) is 18.7 Å². The molecule has 0 radical (unpaired) electrons. The molecule has 0 saturated heterocycles. The first-order valence-corrected chi connectivity index (χ1v) is 6.16. The zero-order valence-electron chi connectivity index (χ0n) is 6.81. The van der Waals surface area contributed by atoms with Crippen LogP contribution in [0.25, 0.3) is 0 Å². The number of benzene rings is 1. The Balaban J connectivity index is 2.56. The number of hydrogen-bond donors (Lipinski definition) is 1. The Bertz CT molecular complexity index is 321. The average molecular weight is 222 g/mol. The molecule has 0 heterocycles. The third-order valence-corrected chi connectivity index (χ3v) is 2.95. The molecular weight excluding hydrogens is 214 g/mol. The highest BCUT2D eigenvalue weighted by Gasteiger charge is 2.10. The molecule has 1 unspecified atom stereocenters. The van der Waals surface area contributed by atoms with Crippen LogP contribution < -0.4 is 0 Å². The fraction of sp³-hybridized carbons (Fsp3) is 0.143. The minimum absolute atomic E-state index is 0.354. The summed E-state index contributed by atoms with van der Waals surface area (Å²) in [7, 11) is -3.47. The molecule has 0 aliphatic rings. The lowest BCUT2D eigenvalue weighted by Gasteiger charge is -2.04. The molecule has 1 rings (SSSR count). The van der Waals surface area contributed by atoms with Crippen molar-refractivity contribution in [2.24, 2.45) is 0 Å². The van der Waals surface area contributed by atoms with Crippen molar-refractivity contribution in [2.45, 2.75) is 4.90 Å². The highest BCUT2D eigenvalue weighted by atomic mass is 32.2. The Morgan fingerprint density at radius 2 is 2.00 bits per heavy atom. The minimum Gasteiger partial charge on any atom is -0.324 e. The molecule has 0 saturated carbocycles. The van der Waals surface area contributed by atoms with E-state index in [1.54, 1.807) is 0 Å². The lowest BCUT2D eigenvalue weighted by Crippen LogP contribution is -1.78. The van der Waals surface area contributed by atoms with Gasteiger partial charge in [0.15, 0.2) is 0 Å². The van der Waals surface area contributed by atoms with Crippen molar-refractivity contribution in [3.63, 3.8) is 0 Å². The van der Waals surface area contributed by atoms with Crippen LogP contribution in [0.4, 0.5) is 4.39 Å². The summed E-state index contributed by atoms with van der Waals surface area (Å²) in [5.74, 6) is -0.354. The Morgan fingerprint density at radius 3 is 2.46 bits per heavy atom. The van der Waals surface area contributed by atoms with E-state index in [1.165, 1.54) is 24.3 Å². The molecule has 1 aromatic carbocycles. The summed E-state index contributed by atoms with van der Waals surface area (Å²) < 4.78 is 27.7. The average Bonchev–Trinajstić information content (AvgIpc) is 2.02. The van der Waals surface area contributed by atoms with Crippen molar-refractivity contribution in [1.82, 2.24) is 0 Å². The molecule has 3 nitrogen and oxygen atoms in total. The van der Waals surface area contributed by atoms with Crippen molar-refractivity contribution in [3.05, 3.63) is 30.1 Å². The largest absolute Gasteiger partial charge is 0.336 e. The van der Waals surface area contributed by atoms with Gasteiger partial charge in [-0.2, -0.15) is 0 Å². The highest BCUT2D eigenvalue weighted by Crippen LogP contribution is 2.43. The monoisotopic (exact) mass is 222 g/mol. The first-order chi connectivity index (χ1) is 5.97. The first kappa shape index (κ1) is 10.7. The fourth-order valence-electron chi connectivity index (χ4n) is 0.602. The maximum Gasteiger partial charge on any atom is 0.336 e. The summed E-state index contributed by atoms with van der Waals surface area (Å²) in [6, 6.07) is 5.44. The first-order valence-electron chi connectivity index (χ1n) is 3.39. The van der Waals surface area contributed by atoms with Crippen molar-refractivity contribution in [1.29, 1.82) is 0 Å². The van der Waals surface area contributed by atoms with Gasteiger partial charge in [0.25, 0.3) is 0 Å². The lowest BCUT2D eigenvalue weighted by molar-refractivity contribution is 0.409. The second-order valence-corrected chi connectivity index (χ2v) is 5.26. The number of hydrogen-bond acceptors (Lipinski definition) is 3. The third kappa shape index (κ3) is 4.43. The maximum atomic E-state index is 12.4. The zero-order chi connectivity index (χ0) is 9.90. The molecule has 0 amide bonds. The Morgan fingerprint density at radius 1 is 1.46 bits per heavy atom. The molecule has 1 N–H and O–H groups in total. The Labute approximate surface area is 79.7 Å². The SMILES string of the molecule is CP(=O)(O)OSc1ccc(F)cc1. The molecule has 0 spiro atoms. The smallest absolute Gasteiger partial charge is 0.324 e. The normalized spacial score (nSPS) is 15.3. The van der Waals surface area contributed by atoms with E-state index < -0.39 is 7.60 Å². The van der Waals surface area contributed by atoms with Crippen molar-refractivity contribution < 1.29 is 17.8 Å². The number of rotatable bonds is 3. The van der Waals surface area contributed by atoms with Gasteiger partial charge < -0.3 is 4.89 Å². The second-order valence-electron chi connectivity index (χ2n) is 2.41. The van der Waals surface area contributed by atoms with Gasteiger partial charge in [0.1, 0.15) is 5.82 Å². The Hall–Kier alpha value is -0.350. The zero-order valence-corrected chi connectivity index (χ0v) is 8.52. The van der Waals surface area contributed by atoms with Crippen LogP contribution in [0.5, 0.6) is 0 Å². The summed E-state index contributed by atoms with van der Waals surface area (Å²) in [4.78, 5) is 9.35. The maximum absolute atomic E-state index is 12.4. The van der Waals surface area contributed by atoms with Crippen LogP contribution in [-0.2, 0) is 8.54 Å². The summed E-state index contributed by atoms with van der Waals surface area (Å²) >= 11 is 0.756. The van der Waals surface area contributed by atoms with Gasteiger partial charge in [-0.05, 0) is 24.3 Å². The van der Waals surface area contributed by atoms with Crippen LogP contribution in [0.15, 0.2) is 29.2 Å². The molecule has 0 aliphatic heterocycles. The van der Waals surface area contributed by atoms with E-state index >= 15 is 0 Å². The molecule has 0 aliphatic carbocycles. The van der Waals surface area contributed by atoms with Crippen molar-refractivity contribution in [2.75, 3.05) is 6.66 Å². The van der Waals surface area contributed by atoms with Crippen LogP contribution in [0, 0.1) is 5.82 Å². The quantitative estimate of drug-likeness (QED) is 0.630. The van der Waals surface area contributed by atoms with Crippen LogP contribution in [-0.4, -0.2) is 11.6 Å². The van der Waals surface area contributed by atoms with E-state index in [-0.39, 0.29) is 5.82 Å². The van der Waals surface area contributed by atoms with Crippen LogP contribution in [0.1, 0.15) is 0 Å².